The molecule has 4 bridgehead atoms. The lowest BCUT2D eigenvalue weighted by Gasteiger charge is -2.61. The SMILES string of the molecule is COCc1cc2c(Nc3cc([C@H]4CC[C@@H](OC(=O)NC56CC(C5)C6)[C@H]4F)[nH][n+]3Cc3cn4nc(C(=O)N5CCOCC5)cc4c(Nc4cc([C@H]5OC[C@@H](OC(=O)NC67CC(C6)C7)[C@H]5F)[nH]n4)n3)nc(C)cn2n1. The Morgan fingerprint density at radius 2 is 1.52 bits per heavy atom. The van der Waals surface area contributed by atoms with Gasteiger partial charge in [0, 0.05) is 49.3 Å². The number of morpholine rings is 1. The van der Waals surface area contributed by atoms with Crippen LogP contribution >= 0.6 is 0 Å². The molecular weight excluding hydrogens is 953 g/mol. The normalized spacial score (nSPS) is 29.8. The molecule has 2 aliphatic heterocycles. The van der Waals surface area contributed by atoms with Gasteiger partial charge in [-0.1, -0.05) is 0 Å². The van der Waals surface area contributed by atoms with Gasteiger partial charge in [-0.15, -0.1) is 0 Å². The van der Waals surface area contributed by atoms with E-state index in [4.69, 9.17) is 38.8 Å². The van der Waals surface area contributed by atoms with E-state index in [0.29, 0.717) is 102 Å². The first-order valence-corrected chi connectivity index (χ1v) is 25.0. The molecule has 73 heavy (non-hydrogen) atoms. The van der Waals surface area contributed by atoms with Crippen molar-refractivity contribution in [3.05, 3.63) is 70.8 Å². The zero-order valence-electron chi connectivity index (χ0n) is 40.2. The quantitative estimate of drug-likeness (QED) is 0.0775. The predicted molar refractivity (Wildman–Crippen MR) is 251 cm³/mol. The van der Waals surface area contributed by atoms with Crippen LogP contribution in [0.2, 0.25) is 0 Å². The van der Waals surface area contributed by atoms with Crippen LogP contribution in [-0.2, 0) is 36.8 Å². The fraction of sp³-hybridized carbons (Fsp3) is 0.562. The Kier molecular flexibility index (Phi) is 11.1. The maximum Gasteiger partial charge on any atom is 0.408 e. The van der Waals surface area contributed by atoms with E-state index in [9.17, 15) is 14.4 Å². The molecule has 15 rings (SSSR count). The maximum absolute atomic E-state index is 16.5. The van der Waals surface area contributed by atoms with Crippen molar-refractivity contribution >= 4 is 52.4 Å². The number of amides is 3. The van der Waals surface area contributed by atoms with Crippen molar-refractivity contribution in [2.24, 2.45) is 11.8 Å². The summed E-state index contributed by atoms with van der Waals surface area (Å²) in [6.45, 7) is 3.70. The highest BCUT2D eigenvalue weighted by Gasteiger charge is 2.59. The van der Waals surface area contributed by atoms with Crippen LogP contribution < -0.4 is 25.9 Å². The summed E-state index contributed by atoms with van der Waals surface area (Å²) in [6.07, 6.45) is 2.34. The van der Waals surface area contributed by atoms with E-state index < -0.39 is 48.8 Å². The number of hydrogen-bond acceptors (Lipinski definition) is 15. The molecule has 7 saturated carbocycles. The van der Waals surface area contributed by atoms with E-state index in [1.54, 1.807) is 44.1 Å². The number of aromatic amines is 2. The first kappa shape index (κ1) is 45.8. The second kappa shape index (κ2) is 17.6. The summed E-state index contributed by atoms with van der Waals surface area (Å²) in [5, 5.41) is 32.7. The van der Waals surface area contributed by atoms with Gasteiger partial charge in [-0.3, -0.25) is 9.89 Å². The molecule has 6 aromatic heterocycles. The van der Waals surface area contributed by atoms with E-state index in [1.165, 1.54) is 0 Å². The number of aryl methyl sites for hydroxylation is 1. The van der Waals surface area contributed by atoms with Crippen LogP contribution in [0.15, 0.2) is 36.7 Å². The standard InChI is InChI=1S/C48H55F2N15O8/c1-24-19-63-33(9-27(59-63)22-69-2)42(51-24)54-38-12-30(29-3-4-35(39(29)49)72-45(67)55-47-13-25(14-47)15-47)60-65(38)21-28-20-64-34(10-32(61-64)44(66)62-5-7-70-8-6-62)43(52-28)53-37-11-31(57-58-37)41-40(50)36(23-71-41)73-46(68)56-48-16-26(17-48)18-48/h9-12,19-20,25-26,29,35-36,39-41H,3-8,13-18,21-23H2,1-2H3,(H5,51,52,53,54,55,56,57,58,59,60,61,66,67,68)/p+1/t25?,26?,29-,35-,36-,39+,40-,41-,47?,48?/m1/s1. The van der Waals surface area contributed by atoms with Crippen LogP contribution in [0.5, 0.6) is 0 Å². The smallest absolute Gasteiger partial charge is 0.408 e. The van der Waals surface area contributed by atoms with Crippen LogP contribution in [-0.4, -0.2) is 143 Å². The second-order valence-electron chi connectivity index (χ2n) is 21.1. The molecule has 7 aliphatic carbocycles. The molecule has 6 atom stereocenters. The number of alkyl carbamates (subject to hydrolysis) is 2. The first-order valence-electron chi connectivity index (χ1n) is 25.0. The van der Waals surface area contributed by atoms with E-state index >= 15 is 8.78 Å². The second-order valence-corrected chi connectivity index (χ2v) is 21.1. The number of carbonyl (C=O) groups is 3. The highest BCUT2D eigenvalue weighted by molar-refractivity contribution is 5.94. The van der Waals surface area contributed by atoms with E-state index in [-0.39, 0.29) is 54.1 Å². The van der Waals surface area contributed by atoms with Crippen molar-refractivity contribution in [1.82, 2.24) is 60.0 Å². The number of anilines is 4. The van der Waals surface area contributed by atoms with Gasteiger partial charge in [-0.2, -0.15) is 20.0 Å². The summed E-state index contributed by atoms with van der Waals surface area (Å²) in [4.78, 5) is 51.0. The molecule has 0 radical (unpaired) electrons. The number of alkyl halides is 2. The number of aromatic nitrogens is 10. The van der Waals surface area contributed by atoms with Gasteiger partial charge in [0.05, 0.1) is 67.7 Å². The zero-order chi connectivity index (χ0) is 49.8. The largest absolute Gasteiger partial charge is 0.443 e. The summed E-state index contributed by atoms with van der Waals surface area (Å²) >= 11 is 0. The van der Waals surface area contributed by atoms with Crippen molar-refractivity contribution in [2.45, 2.75) is 119 Å². The monoisotopic (exact) mass is 1010 g/mol. The number of ether oxygens (including phenoxy) is 5. The molecule has 0 unspecified atom stereocenters. The topological polar surface area (TPSA) is 257 Å². The fourth-order valence-corrected chi connectivity index (χ4v) is 11.9. The number of H-pyrrole nitrogens is 2. The molecule has 6 N–H and O–H groups in total. The molecular formula is C48H56F2N15O8+. The van der Waals surface area contributed by atoms with Crippen molar-refractivity contribution < 1.29 is 51.5 Å². The lowest BCUT2D eigenvalue weighted by Crippen LogP contribution is -2.68. The Hall–Kier alpha value is -6.99. The minimum atomic E-state index is -1.67. The van der Waals surface area contributed by atoms with Crippen LogP contribution in [0.4, 0.5) is 41.6 Å². The molecule has 9 aliphatic rings. The number of nitrogens with one attached hydrogen (secondary N) is 6. The predicted octanol–water partition coefficient (Wildman–Crippen LogP) is 4.49. The third-order valence-electron chi connectivity index (χ3n) is 15.8. The summed E-state index contributed by atoms with van der Waals surface area (Å²) in [6, 6.07) is 6.93. The van der Waals surface area contributed by atoms with Crippen LogP contribution in [0.1, 0.15) is 102 Å². The van der Waals surface area contributed by atoms with E-state index in [1.807, 2.05) is 25.3 Å². The Balaban J connectivity index is 0.803. The molecule has 0 spiro atoms. The zero-order valence-corrected chi connectivity index (χ0v) is 40.2. The molecule has 25 heteroatoms. The Morgan fingerprint density at radius 3 is 2.23 bits per heavy atom. The van der Waals surface area contributed by atoms with Gasteiger partial charge >= 0.3 is 18.0 Å². The molecule has 3 amide bonds. The minimum Gasteiger partial charge on any atom is -0.443 e. The third kappa shape index (κ3) is 8.43. The minimum absolute atomic E-state index is 0.0624. The summed E-state index contributed by atoms with van der Waals surface area (Å²) in [5.74, 6) is 1.91. The van der Waals surface area contributed by atoms with Crippen LogP contribution in [0.25, 0.3) is 11.0 Å². The van der Waals surface area contributed by atoms with Gasteiger partial charge in [-0.25, -0.2) is 47.8 Å². The summed E-state index contributed by atoms with van der Waals surface area (Å²) in [5.41, 5.74) is 3.58. The van der Waals surface area contributed by atoms with Crippen LogP contribution in [0.3, 0.4) is 0 Å². The molecule has 6 aromatic rings. The van der Waals surface area contributed by atoms with Crippen molar-refractivity contribution in [3.8, 4) is 0 Å². The third-order valence-corrected chi connectivity index (χ3v) is 15.8. The van der Waals surface area contributed by atoms with E-state index in [0.717, 1.165) is 38.5 Å². The Labute approximate surface area is 415 Å². The highest BCUT2D eigenvalue weighted by atomic mass is 19.1. The summed E-state index contributed by atoms with van der Waals surface area (Å²) < 4.78 is 65.4. The lowest BCUT2D eigenvalue weighted by atomic mass is 9.50. The molecule has 8 heterocycles. The fourth-order valence-electron chi connectivity index (χ4n) is 11.9. The Morgan fingerprint density at radius 1 is 0.822 bits per heavy atom. The summed E-state index contributed by atoms with van der Waals surface area (Å²) in [7, 11) is 1.60. The number of fused-ring (bicyclic) bond motifs is 2. The van der Waals surface area contributed by atoms with Gasteiger partial charge in [0.2, 0.25) is 5.82 Å². The van der Waals surface area contributed by atoms with Gasteiger partial charge in [0.15, 0.2) is 36.2 Å². The number of nitrogens with zero attached hydrogens (tertiary/aromatic N) is 9. The molecule has 23 nitrogen and oxygen atoms in total. The first-order chi connectivity index (χ1) is 35.3. The van der Waals surface area contributed by atoms with Crippen molar-refractivity contribution in [2.75, 3.05) is 50.7 Å². The molecule has 2 saturated heterocycles. The van der Waals surface area contributed by atoms with Gasteiger partial charge < -0.3 is 44.5 Å². The van der Waals surface area contributed by atoms with Gasteiger partial charge in [0.25, 0.3) is 5.91 Å². The van der Waals surface area contributed by atoms with Gasteiger partial charge in [-0.05, 0) is 76.2 Å². The highest BCUT2D eigenvalue weighted by Crippen LogP contribution is 2.57. The van der Waals surface area contributed by atoms with Gasteiger partial charge in [0.1, 0.15) is 35.1 Å². The molecule has 0 aromatic carbocycles. The number of rotatable bonds is 15. The maximum atomic E-state index is 16.5. The number of hydrogen-bond donors (Lipinski definition) is 6. The molecule has 384 valence electrons. The van der Waals surface area contributed by atoms with Crippen molar-refractivity contribution in [1.29, 1.82) is 0 Å². The Bertz CT molecular complexity index is 3120. The van der Waals surface area contributed by atoms with Crippen LogP contribution in [0, 0.1) is 18.8 Å². The number of halogens is 2. The average Bonchev–Trinajstić information content (AvgIpc) is 4.20. The van der Waals surface area contributed by atoms with E-state index in [2.05, 4.69) is 41.7 Å². The lowest BCUT2D eigenvalue weighted by molar-refractivity contribution is -0.730. The average molecular weight is 1010 g/mol. The van der Waals surface area contributed by atoms with Crippen molar-refractivity contribution in [3.63, 3.8) is 0 Å². The number of carbonyl (C=O) groups excluding carboxylic acids is 3. The number of methoxy groups -OCH3 is 1. The molecule has 9 fully saturated rings.